The summed E-state index contributed by atoms with van der Waals surface area (Å²) in [4.78, 5) is 18.0. The Hall–Kier alpha value is -4.88. The molecule has 0 aliphatic carbocycles. The molecule has 0 aromatic heterocycles. The fourth-order valence-electron chi connectivity index (χ4n) is 4.36. The van der Waals surface area contributed by atoms with E-state index in [1.54, 1.807) is 0 Å². The summed E-state index contributed by atoms with van der Waals surface area (Å²) < 4.78 is 0. The van der Waals surface area contributed by atoms with Crippen molar-refractivity contribution in [3.05, 3.63) is 182 Å². The molecule has 0 aliphatic heterocycles. The van der Waals surface area contributed by atoms with Crippen molar-refractivity contribution in [1.29, 1.82) is 0 Å². The van der Waals surface area contributed by atoms with Crippen LogP contribution in [-0.2, 0) is 9.59 Å². The lowest BCUT2D eigenvalue weighted by atomic mass is 10.4. The number of carboxylic acids is 2. The minimum atomic E-state index is -0.833. The van der Waals surface area contributed by atoms with Gasteiger partial charge in [0, 0.05) is 13.8 Å². The zero-order chi connectivity index (χ0) is 33.0. The summed E-state index contributed by atoms with van der Waals surface area (Å²) in [6, 6.07) is 64.7. The van der Waals surface area contributed by atoms with Gasteiger partial charge in [0.05, 0.1) is 0 Å². The summed E-state index contributed by atoms with van der Waals surface area (Å²) in [6.07, 6.45) is 0. The molecule has 6 aromatic carbocycles. The van der Waals surface area contributed by atoms with Gasteiger partial charge < -0.3 is 10.2 Å². The summed E-state index contributed by atoms with van der Waals surface area (Å²) in [6.45, 7) is 2.17. The van der Waals surface area contributed by atoms with Gasteiger partial charge in [-0.05, 0) is 47.7 Å². The van der Waals surface area contributed by atoms with Crippen molar-refractivity contribution in [2.24, 2.45) is 0 Å². The van der Waals surface area contributed by atoms with Gasteiger partial charge >= 0.3 is 0 Å². The van der Waals surface area contributed by atoms with Crippen LogP contribution in [0.5, 0.6) is 0 Å². The molecule has 2 N–H and O–H groups in total. The standard InChI is InChI=1S/2C18H15P.2C2H4O2/c2*1-4-10-16(11-5-1)19(17-12-6-2-7-13-17)18-14-8-3-9-15-18;2*1-2(3)4/h2*1-15H;2*1H3,(H,3,4). The van der Waals surface area contributed by atoms with Crippen molar-refractivity contribution >= 4 is 59.6 Å². The van der Waals surface area contributed by atoms with Crippen molar-refractivity contribution in [2.75, 3.05) is 0 Å². The molecule has 46 heavy (non-hydrogen) atoms. The molecule has 0 unspecified atom stereocenters. The zero-order valence-corrected chi connectivity index (χ0v) is 27.7. The SMILES string of the molecule is CC(=O)O.CC(=O)O.c1ccc(P(c2ccccc2)c2ccccc2)cc1.c1ccc(P(c2ccccc2)c2ccccc2)cc1. The molecule has 232 valence electrons. The minimum Gasteiger partial charge on any atom is -0.481 e. The lowest BCUT2D eigenvalue weighted by molar-refractivity contribution is -0.135. The van der Waals surface area contributed by atoms with E-state index in [1.165, 1.54) is 31.8 Å². The Morgan fingerprint density at radius 3 is 0.543 bits per heavy atom. The van der Waals surface area contributed by atoms with Crippen molar-refractivity contribution < 1.29 is 19.8 Å². The fraction of sp³-hybridized carbons (Fsp3) is 0.0500. The number of hydrogen-bond acceptors (Lipinski definition) is 2. The molecule has 0 heterocycles. The van der Waals surface area contributed by atoms with Crippen LogP contribution in [0.3, 0.4) is 0 Å². The van der Waals surface area contributed by atoms with Gasteiger partial charge in [0.2, 0.25) is 0 Å². The predicted octanol–water partition coefficient (Wildman–Crippen LogP) is 7.07. The number of aliphatic carboxylic acids is 2. The maximum atomic E-state index is 9.00. The summed E-state index contributed by atoms with van der Waals surface area (Å²) in [7, 11) is -0.892. The number of benzene rings is 6. The molecular weight excluding hydrogens is 606 g/mol. The van der Waals surface area contributed by atoms with Gasteiger partial charge in [-0.2, -0.15) is 0 Å². The van der Waals surface area contributed by atoms with Crippen LogP contribution in [0.25, 0.3) is 0 Å². The molecule has 0 bridgehead atoms. The Morgan fingerprint density at radius 2 is 0.435 bits per heavy atom. The molecule has 0 saturated heterocycles. The molecule has 0 amide bonds. The normalized spacial score (nSPS) is 9.83. The lowest BCUT2D eigenvalue weighted by Crippen LogP contribution is -2.20. The van der Waals surface area contributed by atoms with Gasteiger partial charge in [-0.15, -0.1) is 0 Å². The molecule has 4 nitrogen and oxygen atoms in total. The summed E-state index contributed by atoms with van der Waals surface area (Å²) >= 11 is 0. The lowest BCUT2D eigenvalue weighted by Gasteiger charge is -2.18. The number of rotatable bonds is 6. The van der Waals surface area contributed by atoms with Crippen molar-refractivity contribution in [2.45, 2.75) is 13.8 Å². The Balaban J connectivity index is 0.000000204. The highest BCUT2D eigenvalue weighted by Crippen LogP contribution is 2.33. The van der Waals surface area contributed by atoms with E-state index in [4.69, 9.17) is 19.8 Å². The van der Waals surface area contributed by atoms with Crippen LogP contribution >= 0.6 is 15.8 Å². The van der Waals surface area contributed by atoms with E-state index >= 15 is 0 Å². The van der Waals surface area contributed by atoms with E-state index in [0.717, 1.165) is 13.8 Å². The molecule has 6 aromatic rings. The van der Waals surface area contributed by atoms with E-state index in [1.807, 2.05) is 0 Å². The van der Waals surface area contributed by atoms with Crippen LogP contribution in [0.4, 0.5) is 0 Å². The molecule has 0 saturated carbocycles. The first-order valence-electron chi connectivity index (χ1n) is 14.7. The van der Waals surface area contributed by atoms with Crippen molar-refractivity contribution in [1.82, 2.24) is 0 Å². The maximum absolute atomic E-state index is 9.00. The first-order valence-corrected chi connectivity index (χ1v) is 17.3. The van der Waals surface area contributed by atoms with Crippen LogP contribution in [0, 0.1) is 0 Å². The van der Waals surface area contributed by atoms with Crippen molar-refractivity contribution in [3.8, 4) is 0 Å². The third-order valence-corrected chi connectivity index (χ3v) is 11.0. The van der Waals surface area contributed by atoms with E-state index in [9.17, 15) is 0 Å². The van der Waals surface area contributed by atoms with Gasteiger partial charge in [-0.3, -0.25) is 9.59 Å². The third-order valence-electron chi connectivity index (χ3n) is 6.09. The molecule has 0 aliphatic rings. The van der Waals surface area contributed by atoms with E-state index in [2.05, 4.69) is 182 Å². The average Bonchev–Trinajstić information content (AvgIpc) is 3.08. The summed E-state index contributed by atoms with van der Waals surface area (Å²) in [5, 5.41) is 23.2. The van der Waals surface area contributed by atoms with Crippen molar-refractivity contribution in [3.63, 3.8) is 0 Å². The number of carboxylic acid groups (broad SMARTS) is 2. The minimum absolute atomic E-state index is 0.446. The van der Waals surface area contributed by atoms with E-state index < -0.39 is 27.8 Å². The van der Waals surface area contributed by atoms with Gasteiger partial charge in [0.1, 0.15) is 0 Å². The number of hydrogen-bond donors (Lipinski definition) is 2. The second-order valence-corrected chi connectivity index (χ2v) is 14.2. The van der Waals surface area contributed by atoms with E-state index in [0.29, 0.717) is 0 Å². The van der Waals surface area contributed by atoms with Gasteiger partial charge in [-0.25, -0.2) is 0 Å². The van der Waals surface area contributed by atoms with Gasteiger partial charge in [0.15, 0.2) is 0 Å². The summed E-state index contributed by atoms with van der Waals surface area (Å²) in [5.41, 5.74) is 0. The predicted molar refractivity (Wildman–Crippen MR) is 197 cm³/mol. The second kappa shape index (κ2) is 20.2. The fourth-order valence-corrected chi connectivity index (χ4v) is 8.97. The maximum Gasteiger partial charge on any atom is 0.300 e. The third kappa shape index (κ3) is 12.6. The first kappa shape index (κ1) is 35.6. The Labute approximate surface area is 274 Å². The van der Waals surface area contributed by atoms with Gasteiger partial charge in [-0.1, -0.05) is 182 Å². The van der Waals surface area contributed by atoms with Crippen LogP contribution < -0.4 is 31.8 Å². The van der Waals surface area contributed by atoms with Crippen LogP contribution in [0.15, 0.2) is 182 Å². The molecule has 0 fully saturated rings. The summed E-state index contributed by atoms with van der Waals surface area (Å²) in [5.74, 6) is -1.67. The largest absolute Gasteiger partial charge is 0.481 e. The first-order chi connectivity index (χ1) is 22.4. The molecule has 0 atom stereocenters. The van der Waals surface area contributed by atoms with Crippen LogP contribution in [-0.4, -0.2) is 22.2 Å². The zero-order valence-electron chi connectivity index (χ0n) is 25.9. The average molecular weight is 645 g/mol. The van der Waals surface area contributed by atoms with Crippen LogP contribution in [0.2, 0.25) is 0 Å². The molecule has 6 heteroatoms. The second-order valence-electron chi connectivity index (χ2n) is 9.72. The Morgan fingerprint density at radius 1 is 0.326 bits per heavy atom. The van der Waals surface area contributed by atoms with Crippen LogP contribution in [0.1, 0.15) is 13.8 Å². The molecule has 6 rings (SSSR count). The molecular formula is C40H38O4P2. The highest BCUT2D eigenvalue weighted by atomic mass is 31.1. The smallest absolute Gasteiger partial charge is 0.300 e. The monoisotopic (exact) mass is 644 g/mol. The number of carbonyl (C=O) groups is 2. The van der Waals surface area contributed by atoms with E-state index in [-0.39, 0.29) is 0 Å². The Kier molecular flexibility index (Phi) is 15.6. The van der Waals surface area contributed by atoms with Gasteiger partial charge in [0.25, 0.3) is 11.9 Å². The molecule has 0 radical (unpaired) electrons. The highest BCUT2D eigenvalue weighted by Gasteiger charge is 2.16. The topological polar surface area (TPSA) is 74.6 Å². The quantitative estimate of drug-likeness (QED) is 0.190. The Bertz CT molecular complexity index is 1360. The molecule has 0 spiro atoms. The highest BCUT2D eigenvalue weighted by molar-refractivity contribution is 7.80.